The molecule has 5 nitrogen and oxygen atoms in total. The minimum Gasteiger partial charge on any atom is -0.356 e. The van der Waals surface area contributed by atoms with Crippen molar-refractivity contribution in [1.29, 1.82) is 5.41 Å². The quantitative estimate of drug-likeness (QED) is 0.478. The predicted octanol–water partition coefficient (Wildman–Crippen LogP) is 4.40. The van der Waals surface area contributed by atoms with Crippen LogP contribution in [0.2, 0.25) is 0 Å². The third-order valence-electron chi connectivity index (χ3n) is 4.62. The summed E-state index contributed by atoms with van der Waals surface area (Å²) in [6.45, 7) is 8.62. The Morgan fingerprint density at radius 3 is 2.30 bits per heavy atom. The van der Waals surface area contributed by atoms with Crippen molar-refractivity contribution in [2.45, 2.75) is 65.8 Å². The van der Waals surface area contributed by atoms with Gasteiger partial charge in [0.05, 0.1) is 6.10 Å². The molecular formula is C19H31F3N4O. The summed E-state index contributed by atoms with van der Waals surface area (Å²) in [5.41, 5.74) is 8.78. The number of rotatable bonds is 8. The van der Waals surface area contributed by atoms with Gasteiger partial charge in [0, 0.05) is 36.6 Å². The fourth-order valence-electron chi connectivity index (χ4n) is 2.97. The van der Waals surface area contributed by atoms with Crippen LogP contribution in [0.5, 0.6) is 0 Å². The molecule has 0 aliphatic carbocycles. The van der Waals surface area contributed by atoms with Gasteiger partial charge in [-0.25, -0.2) is 4.99 Å². The van der Waals surface area contributed by atoms with E-state index in [0.717, 1.165) is 17.7 Å². The molecule has 0 radical (unpaired) electrons. The number of alkyl halides is 3. The number of likely N-dealkylation sites (tertiary alicyclic amines) is 1. The number of aliphatic imine (C=N–C) groups is 1. The molecule has 0 spiro atoms. The highest BCUT2D eigenvalue weighted by molar-refractivity contribution is 5.97. The Balaban J connectivity index is 3.15. The molecule has 0 atom stereocenters. The van der Waals surface area contributed by atoms with Gasteiger partial charge in [-0.2, -0.15) is 0 Å². The van der Waals surface area contributed by atoms with E-state index in [1.165, 1.54) is 5.57 Å². The molecule has 0 amide bonds. The predicted molar refractivity (Wildman–Crippen MR) is 103 cm³/mol. The summed E-state index contributed by atoms with van der Waals surface area (Å²) in [4.78, 5) is 6.58. The van der Waals surface area contributed by atoms with E-state index in [0.29, 0.717) is 31.0 Å². The molecule has 0 aromatic carbocycles. The van der Waals surface area contributed by atoms with E-state index in [-0.39, 0.29) is 19.4 Å². The van der Waals surface area contributed by atoms with Crippen LogP contribution in [0.3, 0.4) is 0 Å². The van der Waals surface area contributed by atoms with Gasteiger partial charge in [0.15, 0.2) is 0 Å². The summed E-state index contributed by atoms with van der Waals surface area (Å²) in [6, 6.07) is 0. The second-order valence-electron chi connectivity index (χ2n) is 6.71. The summed E-state index contributed by atoms with van der Waals surface area (Å²) < 4.78 is 41.5. The van der Waals surface area contributed by atoms with Crippen molar-refractivity contribution < 1.29 is 17.9 Å². The maximum Gasteiger partial charge on any atom is 0.522 e. The van der Waals surface area contributed by atoms with Crippen LogP contribution in [0.15, 0.2) is 28.0 Å². The molecule has 0 bridgehead atoms. The number of nitrogens with zero attached hydrogens (tertiary/aromatic N) is 2. The van der Waals surface area contributed by atoms with Crippen LogP contribution >= 0.6 is 0 Å². The lowest BCUT2D eigenvalue weighted by molar-refractivity contribution is -0.345. The first-order valence-electron chi connectivity index (χ1n) is 9.27. The van der Waals surface area contributed by atoms with Crippen molar-refractivity contribution in [3.8, 4) is 0 Å². The van der Waals surface area contributed by atoms with Gasteiger partial charge in [0.2, 0.25) is 0 Å². The monoisotopic (exact) mass is 388 g/mol. The molecule has 1 aliphatic heterocycles. The fraction of sp³-hybridized carbons (Fsp3) is 0.684. The molecule has 0 aromatic rings. The number of hydrogen-bond donors (Lipinski definition) is 2. The first-order valence-corrected chi connectivity index (χ1v) is 9.27. The Hall–Kier alpha value is -1.67. The number of nitrogens with one attached hydrogen (secondary N) is 1. The van der Waals surface area contributed by atoms with Crippen LogP contribution in [0.1, 0.15) is 53.4 Å². The van der Waals surface area contributed by atoms with Gasteiger partial charge in [-0.1, -0.05) is 18.6 Å². The van der Waals surface area contributed by atoms with E-state index in [1.54, 1.807) is 6.92 Å². The van der Waals surface area contributed by atoms with Crippen LogP contribution in [-0.4, -0.2) is 48.4 Å². The Morgan fingerprint density at radius 2 is 1.89 bits per heavy atom. The molecule has 0 aromatic heterocycles. The number of nitrogens with two attached hydrogens (primary N) is 1. The number of allylic oxidation sites excluding steroid dienone is 3. The lowest BCUT2D eigenvalue weighted by atomic mass is 9.98. The van der Waals surface area contributed by atoms with E-state index in [1.807, 2.05) is 24.8 Å². The van der Waals surface area contributed by atoms with Crippen LogP contribution in [0.25, 0.3) is 0 Å². The smallest absolute Gasteiger partial charge is 0.356 e. The minimum atomic E-state index is -4.61. The third kappa shape index (κ3) is 7.84. The maximum absolute atomic E-state index is 12.5. The Bertz CT molecular complexity index is 601. The molecule has 1 rings (SSSR count). The molecule has 1 fully saturated rings. The zero-order valence-corrected chi connectivity index (χ0v) is 16.6. The van der Waals surface area contributed by atoms with E-state index < -0.39 is 12.5 Å². The number of piperidine rings is 1. The first kappa shape index (κ1) is 23.4. The van der Waals surface area contributed by atoms with Crippen molar-refractivity contribution in [2.75, 3.05) is 19.6 Å². The van der Waals surface area contributed by atoms with E-state index in [9.17, 15) is 13.2 Å². The molecule has 8 heteroatoms. The zero-order chi connectivity index (χ0) is 20.6. The van der Waals surface area contributed by atoms with Crippen molar-refractivity contribution in [3.05, 3.63) is 23.0 Å². The minimum absolute atomic E-state index is 0.259. The zero-order valence-electron chi connectivity index (χ0n) is 16.6. The van der Waals surface area contributed by atoms with Crippen molar-refractivity contribution >= 4 is 11.4 Å². The number of hydrogen-bond acceptors (Lipinski definition) is 5. The second-order valence-corrected chi connectivity index (χ2v) is 6.71. The highest BCUT2D eigenvalue weighted by Gasteiger charge is 2.35. The molecule has 27 heavy (non-hydrogen) atoms. The van der Waals surface area contributed by atoms with Crippen LogP contribution in [-0.2, 0) is 4.74 Å². The summed E-state index contributed by atoms with van der Waals surface area (Å²) >= 11 is 0. The normalized spacial score (nSPS) is 18.6. The van der Waals surface area contributed by atoms with Crippen molar-refractivity contribution in [1.82, 2.24) is 4.90 Å². The Kier molecular flexibility index (Phi) is 9.18. The van der Waals surface area contributed by atoms with E-state index >= 15 is 0 Å². The third-order valence-corrected chi connectivity index (χ3v) is 4.62. The van der Waals surface area contributed by atoms with Crippen LogP contribution in [0.4, 0.5) is 13.2 Å². The van der Waals surface area contributed by atoms with E-state index in [4.69, 9.17) is 11.1 Å². The van der Waals surface area contributed by atoms with Gasteiger partial charge in [0.1, 0.15) is 5.82 Å². The topological polar surface area (TPSA) is 74.7 Å². The molecule has 1 heterocycles. The second kappa shape index (κ2) is 10.6. The molecule has 1 aliphatic rings. The number of ether oxygens (including phenoxy) is 1. The molecule has 0 saturated carbocycles. The maximum atomic E-state index is 12.5. The first-order chi connectivity index (χ1) is 12.6. The molecule has 1 saturated heterocycles. The standard InChI is InChI=1S/C19H31F3N4O/c1-5-15(6-2)11-17(14(4)24)18(25-13(3)12-23)26-9-7-16(8-10-26)27-19(20,21)22/h5,16,24H,6-12,23H2,1-4H3/b15-5-,18-17+,24-14?,25-13?. The largest absolute Gasteiger partial charge is 0.522 e. The summed E-state index contributed by atoms with van der Waals surface area (Å²) in [7, 11) is 0. The van der Waals surface area contributed by atoms with Gasteiger partial charge < -0.3 is 16.0 Å². The lowest BCUT2D eigenvalue weighted by Gasteiger charge is -2.35. The van der Waals surface area contributed by atoms with Crippen LogP contribution < -0.4 is 5.73 Å². The van der Waals surface area contributed by atoms with Gasteiger partial charge in [-0.3, -0.25) is 4.74 Å². The highest BCUT2D eigenvalue weighted by atomic mass is 19.4. The van der Waals surface area contributed by atoms with Gasteiger partial charge >= 0.3 is 6.36 Å². The molecule has 3 N–H and O–H groups in total. The fourth-order valence-corrected chi connectivity index (χ4v) is 2.97. The Morgan fingerprint density at radius 1 is 1.30 bits per heavy atom. The van der Waals surface area contributed by atoms with Crippen LogP contribution in [0, 0.1) is 5.41 Å². The van der Waals surface area contributed by atoms with Gasteiger partial charge in [-0.05, 0) is 46.5 Å². The summed E-state index contributed by atoms with van der Waals surface area (Å²) in [5, 5.41) is 8.22. The van der Waals surface area contributed by atoms with E-state index in [2.05, 4.69) is 16.7 Å². The molecule has 0 unspecified atom stereocenters. The van der Waals surface area contributed by atoms with Crippen molar-refractivity contribution in [2.24, 2.45) is 10.7 Å². The summed E-state index contributed by atoms with van der Waals surface area (Å²) in [5.74, 6) is 0.642. The van der Waals surface area contributed by atoms with Gasteiger partial charge in [0.25, 0.3) is 0 Å². The highest BCUT2D eigenvalue weighted by Crippen LogP contribution is 2.28. The SMILES string of the molecule is C/C=C(/CC)C/C(C(C)=N)=C(/N=C(C)CN)N1CCC(OC(F)(F)F)CC1. The van der Waals surface area contributed by atoms with Gasteiger partial charge in [-0.15, -0.1) is 13.2 Å². The molecular weight excluding hydrogens is 357 g/mol. The average molecular weight is 388 g/mol. The number of halogens is 3. The summed E-state index contributed by atoms with van der Waals surface area (Å²) in [6.07, 6.45) is -1.45. The lowest BCUT2D eigenvalue weighted by Crippen LogP contribution is -2.39. The van der Waals surface area contributed by atoms with Crippen molar-refractivity contribution in [3.63, 3.8) is 0 Å². The Labute approximate surface area is 159 Å². The molecule has 154 valence electrons. The average Bonchev–Trinajstić information content (AvgIpc) is 2.60.